The quantitative estimate of drug-likeness (QED) is 0.453. The molecule has 0 aliphatic rings. The summed E-state index contributed by atoms with van der Waals surface area (Å²) in [5.41, 5.74) is 1.95. The number of nitrogens with zero attached hydrogens (tertiary/aromatic N) is 4. The second-order valence-corrected chi connectivity index (χ2v) is 8.31. The molecule has 0 atom stereocenters. The Morgan fingerprint density at radius 2 is 2.07 bits per heavy atom. The van der Waals surface area contributed by atoms with Crippen molar-refractivity contribution in [3.8, 4) is 16.4 Å². The van der Waals surface area contributed by atoms with Crippen LogP contribution in [0.1, 0.15) is 21.3 Å². The van der Waals surface area contributed by atoms with Crippen molar-refractivity contribution in [2.45, 2.75) is 13.5 Å². The van der Waals surface area contributed by atoms with Gasteiger partial charge in [-0.25, -0.2) is 4.68 Å². The number of carbonyl (C=O) groups excluding carboxylic acids is 1. The molecule has 0 saturated carbocycles. The Balaban J connectivity index is 1.40. The van der Waals surface area contributed by atoms with Crippen LogP contribution >= 0.6 is 22.7 Å². The second-order valence-electron chi connectivity index (χ2n) is 6.33. The number of benzene rings is 1. The summed E-state index contributed by atoms with van der Waals surface area (Å²) in [5, 5.41) is 14.4. The molecule has 1 amide bonds. The van der Waals surface area contributed by atoms with Crippen LogP contribution in [-0.4, -0.2) is 25.8 Å². The van der Waals surface area contributed by atoms with Gasteiger partial charge in [-0.1, -0.05) is 29.4 Å². The van der Waals surface area contributed by atoms with Gasteiger partial charge in [-0.05, 0) is 36.6 Å². The molecule has 1 N–H and O–H groups in total. The van der Waals surface area contributed by atoms with Crippen LogP contribution in [0.5, 0.6) is 0 Å². The standard InChI is InChI=1S/C20H15N5O2S2/c1-12-14-10-16(29-20(14)25(23-12)13-6-3-2-4-7-13)18-22-17(27-24-18)11-21-19(26)15-8-5-9-28-15/h2-10H,11H2,1H3,(H,21,26). The lowest BCUT2D eigenvalue weighted by Gasteiger charge is -2.00. The summed E-state index contributed by atoms with van der Waals surface area (Å²) in [4.78, 5) is 19.1. The molecule has 9 heteroatoms. The Morgan fingerprint density at radius 1 is 1.21 bits per heavy atom. The Morgan fingerprint density at radius 3 is 2.86 bits per heavy atom. The van der Waals surface area contributed by atoms with E-state index in [1.807, 2.05) is 59.5 Å². The van der Waals surface area contributed by atoms with E-state index in [-0.39, 0.29) is 12.5 Å². The summed E-state index contributed by atoms with van der Waals surface area (Å²) < 4.78 is 7.25. The number of aryl methyl sites for hydroxylation is 1. The van der Waals surface area contributed by atoms with Crippen LogP contribution in [0, 0.1) is 6.92 Å². The average molecular weight is 422 g/mol. The number of carbonyl (C=O) groups is 1. The van der Waals surface area contributed by atoms with Crippen LogP contribution in [0.2, 0.25) is 0 Å². The van der Waals surface area contributed by atoms with Crippen molar-refractivity contribution in [3.05, 3.63) is 70.4 Å². The first kappa shape index (κ1) is 17.8. The fourth-order valence-corrected chi connectivity index (χ4v) is 4.73. The van der Waals surface area contributed by atoms with Crippen molar-refractivity contribution in [2.75, 3.05) is 0 Å². The molecule has 1 aromatic carbocycles. The van der Waals surface area contributed by atoms with Gasteiger partial charge in [0, 0.05) is 5.39 Å². The van der Waals surface area contributed by atoms with Crippen molar-refractivity contribution in [1.29, 1.82) is 0 Å². The molecule has 0 aliphatic carbocycles. The Hall–Kier alpha value is -3.30. The zero-order valence-electron chi connectivity index (χ0n) is 15.3. The van der Waals surface area contributed by atoms with Gasteiger partial charge >= 0.3 is 0 Å². The minimum Gasteiger partial charge on any atom is -0.342 e. The smallest absolute Gasteiger partial charge is 0.261 e. The first-order valence-corrected chi connectivity index (χ1v) is 10.6. The van der Waals surface area contributed by atoms with E-state index < -0.39 is 0 Å². The first-order valence-electron chi connectivity index (χ1n) is 8.88. The molecule has 0 spiro atoms. The van der Waals surface area contributed by atoms with Gasteiger partial charge in [-0.15, -0.1) is 22.7 Å². The highest BCUT2D eigenvalue weighted by Crippen LogP contribution is 2.35. The van der Waals surface area contributed by atoms with Crippen LogP contribution in [0.15, 0.2) is 58.4 Å². The normalized spacial score (nSPS) is 11.2. The minimum absolute atomic E-state index is 0.153. The summed E-state index contributed by atoms with van der Waals surface area (Å²) in [6.45, 7) is 2.17. The second kappa shape index (κ2) is 7.26. The molecule has 5 rings (SSSR count). The van der Waals surface area contributed by atoms with E-state index in [2.05, 4.69) is 20.6 Å². The molecule has 144 valence electrons. The van der Waals surface area contributed by atoms with Crippen LogP contribution in [-0.2, 0) is 6.54 Å². The van der Waals surface area contributed by atoms with Crippen molar-refractivity contribution < 1.29 is 9.32 Å². The van der Waals surface area contributed by atoms with Gasteiger partial charge in [0.1, 0.15) is 4.83 Å². The van der Waals surface area contributed by atoms with Crippen molar-refractivity contribution in [2.24, 2.45) is 0 Å². The lowest BCUT2D eigenvalue weighted by Crippen LogP contribution is -2.21. The topological polar surface area (TPSA) is 85.8 Å². The number of aromatic nitrogens is 4. The molecule has 0 radical (unpaired) electrons. The van der Waals surface area contributed by atoms with Gasteiger partial charge in [0.05, 0.1) is 27.7 Å². The average Bonchev–Trinajstić information content (AvgIpc) is 3.52. The van der Waals surface area contributed by atoms with Crippen LogP contribution < -0.4 is 5.32 Å². The van der Waals surface area contributed by atoms with E-state index in [0.717, 1.165) is 26.5 Å². The maximum absolute atomic E-state index is 12.1. The number of rotatable bonds is 5. The zero-order chi connectivity index (χ0) is 19.8. The molecule has 4 aromatic heterocycles. The number of hydrogen-bond acceptors (Lipinski definition) is 7. The summed E-state index contributed by atoms with van der Waals surface area (Å²) in [7, 11) is 0. The molecule has 0 saturated heterocycles. The largest absolute Gasteiger partial charge is 0.342 e. The Bertz CT molecular complexity index is 1290. The van der Waals surface area contributed by atoms with Gasteiger partial charge in [-0.3, -0.25) is 4.79 Å². The summed E-state index contributed by atoms with van der Waals surface area (Å²) in [5.74, 6) is 0.717. The van der Waals surface area contributed by atoms with E-state index in [1.165, 1.54) is 11.3 Å². The number of thiophene rings is 2. The van der Waals surface area contributed by atoms with Crippen LogP contribution in [0.25, 0.3) is 26.6 Å². The zero-order valence-corrected chi connectivity index (χ0v) is 17.0. The number of amides is 1. The van der Waals surface area contributed by atoms with Crippen LogP contribution in [0.4, 0.5) is 0 Å². The molecule has 5 aromatic rings. The fourth-order valence-electron chi connectivity index (χ4n) is 2.98. The number of nitrogens with one attached hydrogen (secondary N) is 1. The molecule has 7 nitrogen and oxygen atoms in total. The number of para-hydroxylation sites is 1. The maximum Gasteiger partial charge on any atom is 0.261 e. The van der Waals surface area contributed by atoms with Gasteiger partial charge in [0.25, 0.3) is 5.91 Å². The van der Waals surface area contributed by atoms with Gasteiger partial charge in [-0.2, -0.15) is 10.1 Å². The highest BCUT2D eigenvalue weighted by Gasteiger charge is 2.18. The van der Waals surface area contributed by atoms with Crippen molar-refractivity contribution in [1.82, 2.24) is 25.2 Å². The SMILES string of the molecule is Cc1nn(-c2ccccc2)c2sc(-c3noc(CNC(=O)c4cccs4)n3)cc12. The van der Waals surface area contributed by atoms with Crippen LogP contribution in [0.3, 0.4) is 0 Å². The van der Waals surface area contributed by atoms with E-state index in [4.69, 9.17) is 4.52 Å². The third-order valence-corrected chi connectivity index (χ3v) is 6.35. The lowest BCUT2D eigenvalue weighted by molar-refractivity contribution is 0.0950. The third kappa shape index (κ3) is 3.34. The van der Waals surface area contributed by atoms with Gasteiger partial charge in [0.15, 0.2) is 0 Å². The molecule has 4 heterocycles. The highest BCUT2D eigenvalue weighted by atomic mass is 32.1. The molecule has 29 heavy (non-hydrogen) atoms. The third-order valence-electron chi connectivity index (χ3n) is 4.38. The highest BCUT2D eigenvalue weighted by molar-refractivity contribution is 7.21. The minimum atomic E-state index is -0.153. The van der Waals surface area contributed by atoms with Crippen molar-refractivity contribution >= 4 is 38.8 Å². The lowest BCUT2D eigenvalue weighted by atomic mass is 10.3. The number of fused-ring (bicyclic) bond motifs is 1. The summed E-state index contributed by atoms with van der Waals surface area (Å²) in [6.07, 6.45) is 0. The Kier molecular flexibility index (Phi) is 4.45. The van der Waals surface area contributed by atoms with E-state index in [9.17, 15) is 4.79 Å². The van der Waals surface area contributed by atoms with Crippen molar-refractivity contribution in [3.63, 3.8) is 0 Å². The molecular weight excluding hydrogens is 406 g/mol. The Labute approximate surface area is 173 Å². The molecule has 0 bridgehead atoms. The maximum atomic E-state index is 12.1. The van der Waals surface area contributed by atoms with E-state index >= 15 is 0 Å². The molecule has 0 unspecified atom stereocenters. The molecule has 0 fully saturated rings. The van der Waals surface area contributed by atoms with Gasteiger partial charge < -0.3 is 9.84 Å². The number of hydrogen-bond donors (Lipinski definition) is 1. The first-order chi connectivity index (χ1) is 14.2. The predicted octanol–water partition coefficient (Wildman–Crippen LogP) is 4.44. The fraction of sp³-hybridized carbons (Fsp3) is 0.100. The monoisotopic (exact) mass is 421 g/mol. The summed E-state index contributed by atoms with van der Waals surface area (Å²) >= 11 is 2.95. The van der Waals surface area contributed by atoms with E-state index in [0.29, 0.717) is 16.6 Å². The summed E-state index contributed by atoms with van der Waals surface area (Å²) in [6, 6.07) is 15.6. The predicted molar refractivity (Wildman–Crippen MR) is 112 cm³/mol. The molecule has 0 aliphatic heterocycles. The molecular formula is C20H15N5O2S2. The van der Waals surface area contributed by atoms with E-state index in [1.54, 1.807) is 17.4 Å². The van der Waals surface area contributed by atoms with Gasteiger partial charge in [0.2, 0.25) is 11.7 Å².